The fourth-order valence-electron chi connectivity index (χ4n) is 5.86. The lowest BCUT2D eigenvalue weighted by molar-refractivity contribution is 0.0502. The van der Waals surface area contributed by atoms with Crippen LogP contribution in [0.1, 0.15) is 68.7 Å². The van der Waals surface area contributed by atoms with E-state index in [1.807, 2.05) is 32.0 Å². The maximum Gasteiger partial charge on any atom is 0.338 e. The summed E-state index contributed by atoms with van der Waals surface area (Å²) in [4.78, 5) is 28.2. The van der Waals surface area contributed by atoms with E-state index in [0.717, 1.165) is 70.6 Å². The zero-order valence-electron chi connectivity index (χ0n) is 29.1. The second kappa shape index (κ2) is 17.2. The predicted molar refractivity (Wildman–Crippen MR) is 198 cm³/mol. The average Bonchev–Trinajstić information content (AvgIpc) is 3.12. The zero-order valence-corrected chi connectivity index (χ0v) is 29.1. The highest BCUT2D eigenvalue weighted by molar-refractivity contribution is 6.08. The van der Waals surface area contributed by atoms with Gasteiger partial charge in [0.2, 0.25) is 5.36 Å². The lowest BCUT2D eigenvalue weighted by Gasteiger charge is -2.22. The SMILES string of the molecule is CC.CCN(CC)c1ccc2c(-c3ccccc3C(=O)OCCCNC(=O)c3ccc(N)cc3)c3ccc(=[N+](CC)CC)cc-3oc2c1. The van der Waals surface area contributed by atoms with Crippen LogP contribution in [0.5, 0.6) is 0 Å². The highest BCUT2D eigenvalue weighted by Crippen LogP contribution is 2.42. The first kappa shape index (κ1) is 35.7. The van der Waals surface area contributed by atoms with Crippen LogP contribution in [0.25, 0.3) is 33.4 Å². The maximum atomic E-state index is 13.5. The molecular formula is C40H49N4O4+. The van der Waals surface area contributed by atoms with Gasteiger partial charge in [-0.3, -0.25) is 4.79 Å². The molecule has 3 aromatic rings. The van der Waals surface area contributed by atoms with Gasteiger partial charge in [-0.05, 0) is 88.2 Å². The Balaban J connectivity index is 0.00000255. The van der Waals surface area contributed by atoms with Crippen molar-refractivity contribution in [2.45, 2.75) is 48.0 Å². The van der Waals surface area contributed by atoms with E-state index in [9.17, 15) is 9.59 Å². The van der Waals surface area contributed by atoms with Gasteiger partial charge in [-0.25, -0.2) is 9.37 Å². The summed E-state index contributed by atoms with van der Waals surface area (Å²) in [6.45, 7) is 16.6. The summed E-state index contributed by atoms with van der Waals surface area (Å²) in [6, 6.07) is 26.9. The van der Waals surface area contributed by atoms with Crippen molar-refractivity contribution in [3.05, 3.63) is 101 Å². The summed E-state index contributed by atoms with van der Waals surface area (Å²) in [7, 11) is 0. The number of hydrogen-bond acceptors (Lipinski definition) is 6. The Morgan fingerprint density at radius 2 is 1.56 bits per heavy atom. The summed E-state index contributed by atoms with van der Waals surface area (Å²) in [5, 5.41) is 4.87. The molecule has 3 aromatic carbocycles. The largest absolute Gasteiger partial charge is 0.462 e. The molecule has 0 atom stereocenters. The molecule has 0 spiro atoms. The van der Waals surface area contributed by atoms with Gasteiger partial charge in [0, 0.05) is 65.2 Å². The Hall–Kier alpha value is -5.11. The molecule has 0 saturated carbocycles. The minimum absolute atomic E-state index is 0.168. The Morgan fingerprint density at radius 1 is 0.854 bits per heavy atom. The van der Waals surface area contributed by atoms with Crippen LogP contribution in [0.4, 0.5) is 11.4 Å². The minimum Gasteiger partial charge on any atom is -0.462 e. The van der Waals surface area contributed by atoms with Gasteiger partial charge in [-0.15, -0.1) is 0 Å². The third-order valence-corrected chi connectivity index (χ3v) is 8.38. The molecular weight excluding hydrogens is 600 g/mol. The van der Waals surface area contributed by atoms with Crippen molar-refractivity contribution >= 4 is 34.2 Å². The fraction of sp³-hybridized carbons (Fsp3) is 0.325. The predicted octanol–water partition coefficient (Wildman–Crippen LogP) is 7.45. The Bertz CT molecular complexity index is 1870. The third kappa shape index (κ3) is 8.05. The molecule has 0 radical (unpaired) electrons. The number of ether oxygens (including phenoxy) is 1. The van der Waals surface area contributed by atoms with Gasteiger partial charge in [-0.2, -0.15) is 0 Å². The van der Waals surface area contributed by atoms with Crippen molar-refractivity contribution in [3.8, 4) is 22.5 Å². The summed E-state index contributed by atoms with van der Waals surface area (Å²) in [5.74, 6) is 0.143. The number of benzene rings is 4. The summed E-state index contributed by atoms with van der Waals surface area (Å²) < 4.78 is 14.6. The number of nitrogens with two attached hydrogens (primary N) is 1. The standard InChI is InChI=1S/C38H42N4O4.C2H6/c1-5-41(6-2)28-18-20-32-34(24-28)46-35-25-29(42(7-3)8-4)19-21-33(35)36(32)30-12-9-10-13-31(30)38(44)45-23-11-22-40-37(43)26-14-16-27(39)17-15-26;1-2/h9-10,12-21,24-25H,5-8,11,22-23H2,1-4H3,(H2-,39,40,43);1-2H3/p+1. The molecule has 0 aromatic heterocycles. The highest BCUT2D eigenvalue weighted by atomic mass is 16.5. The number of hydrogen-bond donors (Lipinski definition) is 2. The number of nitrogen functional groups attached to an aromatic ring is 1. The first-order valence-electron chi connectivity index (χ1n) is 17.1. The van der Waals surface area contributed by atoms with Gasteiger partial charge >= 0.3 is 5.97 Å². The maximum absolute atomic E-state index is 13.5. The molecule has 0 bridgehead atoms. The molecule has 252 valence electrons. The smallest absolute Gasteiger partial charge is 0.338 e. The second-order valence-corrected chi connectivity index (χ2v) is 11.1. The van der Waals surface area contributed by atoms with Crippen LogP contribution in [0.3, 0.4) is 0 Å². The number of carbonyl (C=O) groups excluding carboxylic acids is 2. The number of rotatable bonds is 12. The van der Waals surface area contributed by atoms with Crippen LogP contribution in [-0.2, 0) is 4.74 Å². The van der Waals surface area contributed by atoms with Crippen molar-refractivity contribution in [2.75, 3.05) is 50.0 Å². The van der Waals surface area contributed by atoms with Crippen LogP contribution in [0.15, 0.2) is 89.3 Å². The topological polar surface area (TPSA) is 101 Å². The Morgan fingerprint density at radius 3 is 2.25 bits per heavy atom. The molecule has 1 aliphatic heterocycles. The molecule has 0 unspecified atom stereocenters. The van der Waals surface area contributed by atoms with Crippen molar-refractivity contribution in [1.29, 1.82) is 0 Å². The van der Waals surface area contributed by atoms with Gasteiger partial charge in [0.25, 0.3) is 5.91 Å². The van der Waals surface area contributed by atoms with E-state index in [2.05, 4.69) is 78.9 Å². The van der Waals surface area contributed by atoms with Crippen molar-refractivity contribution < 1.29 is 18.7 Å². The molecule has 1 amide bonds. The summed E-state index contributed by atoms with van der Waals surface area (Å²) >= 11 is 0. The van der Waals surface area contributed by atoms with Crippen molar-refractivity contribution in [2.24, 2.45) is 0 Å². The number of carbonyl (C=O) groups is 2. The molecule has 8 nitrogen and oxygen atoms in total. The Kier molecular flexibility index (Phi) is 12.8. The lowest BCUT2D eigenvalue weighted by atomic mass is 9.90. The number of anilines is 2. The van der Waals surface area contributed by atoms with Crippen molar-refractivity contribution in [3.63, 3.8) is 0 Å². The van der Waals surface area contributed by atoms with E-state index in [4.69, 9.17) is 14.9 Å². The quantitative estimate of drug-likeness (QED) is 0.0479. The second-order valence-electron chi connectivity index (χ2n) is 11.1. The normalized spacial score (nSPS) is 10.7. The van der Waals surface area contributed by atoms with Crippen LogP contribution in [0, 0.1) is 0 Å². The molecule has 5 rings (SSSR count). The fourth-order valence-corrected chi connectivity index (χ4v) is 5.86. The Labute approximate surface area is 284 Å². The number of fused-ring (bicyclic) bond motifs is 2. The average molecular weight is 650 g/mol. The van der Waals surface area contributed by atoms with E-state index in [1.165, 1.54) is 0 Å². The number of esters is 1. The number of nitrogens with zero attached hydrogens (tertiary/aromatic N) is 2. The molecule has 1 aliphatic carbocycles. The van der Waals surface area contributed by atoms with E-state index in [0.29, 0.717) is 29.8 Å². The first-order valence-corrected chi connectivity index (χ1v) is 17.1. The number of nitrogens with one attached hydrogen (secondary N) is 1. The molecule has 1 heterocycles. The minimum atomic E-state index is -0.415. The van der Waals surface area contributed by atoms with Gasteiger partial charge in [-0.1, -0.05) is 32.0 Å². The van der Waals surface area contributed by atoms with Gasteiger partial charge in [0.05, 0.1) is 18.2 Å². The van der Waals surface area contributed by atoms with E-state index < -0.39 is 5.97 Å². The molecule has 3 N–H and O–H groups in total. The number of amides is 1. The lowest BCUT2D eigenvalue weighted by Crippen LogP contribution is -2.29. The first-order chi connectivity index (χ1) is 23.4. The van der Waals surface area contributed by atoms with E-state index >= 15 is 0 Å². The van der Waals surface area contributed by atoms with Crippen molar-refractivity contribution in [1.82, 2.24) is 9.89 Å². The van der Waals surface area contributed by atoms with E-state index in [-0.39, 0.29) is 12.5 Å². The van der Waals surface area contributed by atoms with Gasteiger partial charge in [0.15, 0.2) is 0 Å². The molecule has 2 aliphatic rings. The van der Waals surface area contributed by atoms with Crippen LogP contribution in [0.2, 0.25) is 0 Å². The third-order valence-electron chi connectivity index (χ3n) is 8.38. The van der Waals surface area contributed by atoms with Gasteiger partial charge in [0.1, 0.15) is 24.4 Å². The van der Waals surface area contributed by atoms with Gasteiger partial charge < -0.3 is 25.1 Å². The highest BCUT2D eigenvalue weighted by Gasteiger charge is 2.23. The van der Waals surface area contributed by atoms with Crippen LogP contribution < -0.4 is 25.9 Å². The summed E-state index contributed by atoms with van der Waals surface area (Å²) in [6.07, 6.45) is 0.479. The molecule has 8 heteroatoms. The van der Waals surface area contributed by atoms with Crippen LogP contribution in [-0.4, -0.2) is 51.2 Å². The molecule has 48 heavy (non-hydrogen) atoms. The summed E-state index contributed by atoms with van der Waals surface area (Å²) in [5.41, 5.74) is 11.8. The monoisotopic (exact) mass is 649 g/mol. The molecule has 0 saturated heterocycles. The van der Waals surface area contributed by atoms with E-state index in [1.54, 1.807) is 30.3 Å². The van der Waals surface area contributed by atoms with Crippen LogP contribution >= 0.6 is 0 Å². The zero-order chi connectivity index (χ0) is 34.6. The molecule has 0 fully saturated rings.